The summed E-state index contributed by atoms with van der Waals surface area (Å²) >= 11 is 0. The van der Waals surface area contributed by atoms with Crippen LogP contribution in [0, 0.1) is 0 Å². The molecular weight excluding hydrogens is 579 g/mol. The van der Waals surface area contributed by atoms with E-state index in [2.05, 4.69) is 9.97 Å². The third kappa shape index (κ3) is 4.89. The van der Waals surface area contributed by atoms with E-state index in [-0.39, 0.29) is 22.7 Å². The number of carbonyl (C=O) groups is 1. The third-order valence-corrected chi connectivity index (χ3v) is 7.64. The molecule has 13 heteroatoms. The topological polar surface area (TPSA) is 123 Å². The van der Waals surface area contributed by atoms with Crippen molar-refractivity contribution in [2.45, 2.75) is 31.5 Å². The zero-order valence-electron chi connectivity index (χ0n) is 23.6. The van der Waals surface area contributed by atoms with Crippen molar-refractivity contribution in [3.63, 3.8) is 0 Å². The number of nitrogens with zero attached hydrogens (tertiary/aromatic N) is 4. The van der Waals surface area contributed by atoms with Gasteiger partial charge in [-0.25, -0.2) is 14.6 Å². The van der Waals surface area contributed by atoms with Crippen LogP contribution >= 0.6 is 0 Å². The van der Waals surface area contributed by atoms with Crippen molar-refractivity contribution < 1.29 is 32.2 Å². The number of halogens is 3. The summed E-state index contributed by atoms with van der Waals surface area (Å²) in [7, 11) is 2.88. The highest BCUT2D eigenvalue weighted by molar-refractivity contribution is 5.94. The van der Waals surface area contributed by atoms with Gasteiger partial charge in [0, 0.05) is 18.5 Å². The number of nitrogens with two attached hydrogens (primary N) is 1. The van der Waals surface area contributed by atoms with Gasteiger partial charge in [-0.15, -0.1) is 0 Å². The number of carbonyl (C=O) groups excluding carboxylic acids is 1. The van der Waals surface area contributed by atoms with Crippen molar-refractivity contribution in [2.24, 2.45) is 5.73 Å². The van der Waals surface area contributed by atoms with E-state index >= 15 is 0 Å². The smallest absolute Gasteiger partial charge is 0.419 e. The minimum absolute atomic E-state index is 0.114. The maximum Gasteiger partial charge on any atom is 0.419 e. The molecule has 6 rings (SSSR count). The maximum absolute atomic E-state index is 14.5. The van der Waals surface area contributed by atoms with E-state index in [1.54, 1.807) is 41.1 Å². The van der Waals surface area contributed by atoms with Crippen molar-refractivity contribution >= 4 is 16.8 Å². The first-order valence-corrected chi connectivity index (χ1v) is 13.6. The molecule has 1 atom stereocenters. The zero-order chi connectivity index (χ0) is 31.2. The van der Waals surface area contributed by atoms with Gasteiger partial charge < -0.3 is 19.9 Å². The molecule has 2 N–H and O–H groups in total. The first-order chi connectivity index (χ1) is 21.1. The van der Waals surface area contributed by atoms with Crippen molar-refractivity contribution in [2.75, 3.05) is 14.2 Å². The molecule has 0 aliphatic carbocycles. The molecule has 1 unspecified atom stereocenters. The van der Waals surface area contributed by atoms with Gasteiger partial charge in [0.2, 0.25) is 5.88 Å². The van der Waals surface area contributed by atoms with Gasteiger partial charge in [0.25, 0.3) is 11.5 Å². The summed E-state index contributed by atoms with van der Waals surface area (Å²) in [5.41, 5.74) is 5.17. The Morgan fingerprint density at radius 2 is 1.70 bits per heavy atom. The van der Waals surface area contributed by atoms with E-state index < -0.39 is 34.9 Å². The molecule has 10 nitrogen and oxygen atoms in total. The van der Waals surface area contributed by atoms with Gasteiger partial charge in [-0.05, 0) is 48.7 Å². The highest BCUT2D eigenvalue weighted by atomic mass is 19.4. The number of alkyl halides is 3. The Hall–Kier alpha value is -5.33. The Bertz CT molecular complexity index is 1950. The summed E-state index contributed by atoms with van der Waals surface area (Å²) in [5, 5.41) is 0.312. The molecule has 1 aliphatic heterocycles. The number of methoxy groups -OCH3 is 2. The maximum atomic E-state index is 14.5. The minimum atomic E-state index is -4.81. The number of rotatable bonds is 7. The van der Waals surface area contributed by atoms with E-state index in [0.29, 0.717) is 47.5 Å². The SMILES string of the molecule is COc1cc2ncnc(Oc3ccc(C4CCCn5c4c(C(N)=O)c(=O)n5-c4ccccc4)cc3C(F)(F)F)c2cc1OC. The van der Waals surface area contributed by atoms with Crippen LogP contribution < -0.4 is 25.5 Å². The van der Waals surface area contributed by atoms with Crippen molar-refractivity contribution in [1.82, 2.24) is 19.3 Å². The monoisotopic (exact) mass is 605 g/mol. The van der Waals surface area contributed by atoms with Gasteiger partial charge in [-0.1, -0.05) is 24.3 Å². The predicted octanol–water partition coefficient (Wildman–Crippen LogP) is 5.44. The van der Waals surface area contributed by atoms with Crippen LogP contribution in [0.5, 0.6) is 23.1 Å². The standard InChI is InChI=1S/C31H26F3N5O5/c1-42-24-14-20-22(15-25(24)43-2)36-16-37-29(20)44-23-11-10-17(13-21(23)31(32,33)34)19-9-6-12-38-27(19)26(28(35)40)30(41)39(38)18-7-4-3-5-8-18/h3-5,7-8,10-11,13-16,19H,6,9,12H2,1-2H3,(H2,35,40). The van der Waals surface area contributed by atoms with Gasteiger partial charge >= 0.3 is 6.18 Å². The molecule has 0 bridgehead atoms. The first kappa shape index (κ1) is 28.8. The van der Waals surface area contributed by atoms with Gasteiger partial charge in [-0.2, -0.15) is 13.2 Å². The Kier molecular flexibility index (Phi) is 7.23. The molecule has 0 fully saturated rings. The van der Waals surface area contributed by atoms with Crippen molar-refractivity contribution in [1.29, 1.82) is 0 Å². The number of hydrogen-bond acceptors (Lipinski definition) is 7. The Morgan fingerprint density at radius 3 is 2.39 bits per heavy atom. The molecule has 0 radical (unpaired) electrons. The second kappa shape index (κ2) is 11.1. The summed E-state index contributed by atoms with van der Waals surface area (Å²) in [6.45, 7) is 0.381. The summed E-state index contributed by atoms with van der Waals surface area (Å²) in [6, 6.07) is 15.5. The largest absolute Gasteiger partial charge is 0.493 e. The van der Waals surface area contributed by atoms with Crippen molar-refractivity contribution in [3.8, 4) is 28.8 Å². The molecular formula is C31H26F3N5O5. The van der Waals surface area contributed by atoms with Crippen LogP contribution in [0.1, 0.15) is 45.9 Å². The van der Waals surface area contributed by atoms with Crippen LogP contribution in [0.25, 0.3) is 16.6 Å². The average Bonchev–Trinajstić information content (AvgIpc) is 3.32. The van der Waals surface area contributed by atoms with E-state index in [1.807, 2.05) is 0 Å². The number of para-hydroxylation sites is 1. The minimum Gasteiger partial charge on any atom is -0.493 e. The fraction of sp³-hybridized carbons (Fsp3) is 0.226. The number of primary amides is 1. The third-order valence-electron chi connectivity index (χ3n) is 7.64. The van der Waals surface area contributed by atoms with Crippen LogP contribution in [0.15, 0.2) is 71.8 Å². The number of aromatic nitrogens is 4. The molecule has 0 spiro atoms. The van der Waals surface area contributed by atoms with Crippen LogP contribution in [0.2, 0.25) is 0 Å². The average molecular weight is 606 g/mol. The summed E-state index contributed by atoms with van der Waals surface area (Å²) in [5.74, 6) is -1.55. The number of amides is 1. The predicted molar refractivity (Wildman–Crippen MR) is 154 cm³/mol. The number of hydrogen-bond donors (Lipinski definition) is 1. The normalized spacial score (nSPS) is 14.7. The molecule has 0 saturated carbocycles. The lowest BCUT2D eigenvalue weighted by Gasteiger charge is -2.28. The summed E-state index contributed by atoms with van der Waals surface area (Å²) < 4.78 is 63.0. The van der Waals surface area contributed by atoms with E-state index in [4.69, 9.17) is 19.9 Å². The highest BCUT2D eigenvalue weighted by Crippen LogP contribution is 2.44. The lowest BCUT2D eigenvalue weighted by Crippen LogP contribution is -2.26. The van der Waals surface area contributed by atoms with Crippen LogP contribution in [-0.4, -0.2) is 39.5 Å². The number of fused-ring (bicyclic) bond motifs is 2. The Labute approximate surface area is 248 Å². The van der Waals surface area contributed by atoms with E-state index in [1.165, 1.54) is 43.4 Å². The summed E-state index contributed by atoms with van der Waals surface area (Å²) in [6.07, 6.45) is -2.69. The molecule has 0 saturated heterocycles. The van der Waals surface area contributed by atoms with E-state index in [0.717, 1.165) is 6.07 Å². The quantitative estimate of drug-likeness (QED) is 0.262. The molecule has 1 aliphatic rings. The van der Waals surface area contributed by atoms with Gasteiger partial charge in [0.1, 0.15) is 17.6 Å². The van der Waals surface area contributed by atoms with Crippen LogP contribution in [0.4, 0.5) is 13.2 Å². The lowest BCUT2D eigenvalue weighted by atomic mass is 9.86. The fourth-order valence-electron chi connectivity index (χ4n) is 5.72. The van der Waals surface area contributed by atoms with Gasteiger partial charge in [0.05, 0.1) is 42.1 Å². The molecule has 44 heavy (non-hydrogen) atoms. The number of ether oxygens (including phenoxy) is 3. The van der Waals surface area contributed by atoms with Gasteiger partial charge in [-0.3, -0.25) is 14.3 Å². The molecule has 1 amide bonds. The number of benzene rings is 3. The zero-order valence-corrected chi connectivity index (χ0v) is 23.6. The Balaban J connectivity index is 1.47. The first-order valence-electron chi connectivity index (χ1n) is 13.6. The fourth-order valence-corrected chi connectivity index (χ4v) is 5.72. The summed E-state index contributed by atoms with van der Waals surface area (Å²) in [4.78, 5) is 34.3. The highest BCUT2D eigenvalue weighted by Gasteiger charge is 2.38. The lowest BCUT2D eigenvalue weighted by molar-refractivity contribution is -0.138. The second-order valence-corrected chi connectivity index (χ2v) is 10.2. The molecule has 226 valence electrons. The molecule has 5 aromatic rings. The second-order valence-electron chi connectivity index (χ2n) is 10.2. The van der Waals surface area contributed by atoms with Crippen LogP contribution in [0.3, 0.4) is 0 Å². The van der Waals surface area contributed by atoms with Gasteiger partial charge in [0.15, 0.2) is 11.5 Å². The Morgan fingerprint density at radius 1 is 0.977 bits per heavy atom. The van der Waals surface area contributed by atoms with E-state index in [9.17, 15) is 22.8 Å². The van der Waals surface area contributed by atoms with Crippen molar-refractivity contribution in [3.05, 3.63) is 99.7 Å². The molecule has 3 heterocycles. The van der Waals surface area contributed by atoms with Crippen LogP contribution in [-0.2, 0) is 12.7 Å². The molecule has 3 aromatic carbocycles. The molecule has 2 aromatic heterocycles.